The van der Waals surface area contributed by atoms with Crippen molar-refractivity contribution in [2.45, 2.75) is 19.8 Å². The van der Waals surface area contributed by atoms with Gasteiger partial charge in [-0.3, -0.25) is 4.79 Å². The van der Waals surface area contributed by atoms with E-state index < -0.39 is 5.97 Å². The second kappa shape index (κ2) is 6.09. The SMILES string of the molecule is CCCC(=O)O.[Rh]. The fourth-order valence-electron chi connectivity index (χ4n) is 0.214. The summed E-state index contributed by atoms with van der Waals surface area (Å²) in [6.45, 7) is 1.84. The summed E-state index contributed by atoms with van der Waals surface area (Å²) in [5.74, 6) is -0.711. The van der Waals surface area contributed by atoms with Crippen molar-refractivity contribution in [3.63, 3.8) is 0 Å². The van der Waals surface area contributed by atoms with Gasteiger partial charge in [0.25, 0.3) is 0 Å². The maximum Gasteiger partial charge on any atom is 0.303 e. The van der Waals surface area contributed by atoms with Crippen LogP contribution in [0.25, 0.3) is 0 Å². The summed E-state index contributed by atoms with van der Waals surface area (Å²) in [6, 6.07) is 0. The molecule has 3 heteroatoms. The Labute approximate surface area is 55.7 Å². The molecule has 1 radical (unpaired) electrons. The van der Waals surface area contributed by atoms with Crippen molar-refractivity contribution in [1.82, 2.24) is 0 Å². The molecule has 0 fully saturated rings. The van der Waals surface area contributed by atoms with Crippen LogP contribution in [0, 0.1) is 0 Å². The molecule has 0 amide bonds. The van der Waals surface area contributed by atoms with Crippen LogP contribution in [0.2, 0.25) is 0 Å². The minimum atomic E-state index is -0.711. The van der Waals surface area contributed by atoms with Gasteiger partial charge in [0, 0.05) is 25.9 Å². The molecule has 0 bridgehead atoms. The molecule has 1 N–H and O–H groups in total. The van der Waals surface area contributed by atoms with Crippen LogP contribution in [0.1, 0.15) is 19.8 Å². The first kappa shape index (κ1) is 10.2. The molecular formula is C4H8O2Rh. The minimum absolute atomic E-state index is 0. The molecule has 0 atom stereocenters. The molecule has 0 aliphatic heterocycles. The van der Waals surface area contributed by atoms with E-state index in [1.165, 1.54) is 0 Å². The van der Waals surface area contributed by atoms with Crippen molar-refractivity contribution in [2.75, 3.05) is 0 Å². The Morgan fingerprint density at radius 3 is 2.14 bits per heavy atom. The molecule has 0 spiro atoms. The third-order valence-electron chi connectivity index (χ3n) is 0.464. The standard InChI is InChI=1S/C4H8O2.Rh/c1-2-3-4(5)6;/h2-3H2,1H3,(H,5,6);. The molecule has 7 heavy (non-hydrogen) atoms. The maximum atomic E-state index is 9.60. The predicted octanol–water partition coefficient (Wildman–Crippen LogP) is 0.869. The first-order valence-corrected chi connectivity index (χ1v) is 1.99. The van der Waals surface area contributed by atoms with Gasteiger partial charge in [-0.2, -0.15) is 0 Å². The Morgan fingerprint density at radius 2 is 2.14 bits per heavy atom. The van der Waals surface area contributed by atoms with Gasteiger partial charge in [0.15, 0.2) is 0 Å². The number of carboxylic acids is 1. The smallest absolute Gasteiger partial charge is 0.303 e. The second-order valence-corrected chi connectivity index (χ2v) is 1.14. The zero-order valence-electron chi connectivity index (χ0n) is 4.10. The van der Waals surface area contributed by atoms with Crippen LogP contribution in [0.5, 0.6) is 0 Å². The van der Waals surface area contributed by atoms with Crippen LogP contribution in [-0.2, 0) is 24.3 Å². The summed E-state index contributed by atoms with van der Waals surface area (Å²) in [4.78, 5) is 9.60. The predicted molar refractivity (Wildman–Crippen MR) is 22.5 cm³/mol. The van der Waals surface area contributed by atoms with Crippen LogP contribution in [0.4, 0.5) is 0 Å². The van der Waals surface area contributed by atoms with Gasteiger partial charge < -0.3 is 5.11 Å². The molecule has 0 aromatic carbocycles. The Bertz CT molecular complexity index is 53.7. The molecule has 0 aromatic rings. The van der Waals surface area contributed by atoms with Gasteiger partial charge in [-0.25, -0.2) is 0 Å². The van der Waals surface area contributed by atoms with E-state index in [-0.39, 0.29) is 19.5 Å². The van der Waals surface area contributed by atoms with Gasteiger partial charge in [-0.1, -0.05) is 6.92 Å². The van der Waals surface area contributed by atoms with E-state index in [0.29, 0.717) is 6.42 Å². The Hall–Kier alpha value is 0.0934. The van der Waals surface area contributed by atoms with E-state index >= 15 is 0 Å². The fourth-order valence-corrected chi connectivity index (χ4v) is 0.214. The average Bonchev–Trinajstić information content (AvgIpc) is 1.35. The molecule has 0 rings (SSSR count). The van der Waals surface area contributed by atoms with Crippen molar-refractivity contribution in [2.24, 2.45) is 0 Å². The van der Waals surface area contributed by atoms with E-state index in [0.717, 1.165) is 6.42 Å². The molecule has 0 unspecified atom stereocenters. The Balaban J connectivity index is 0. The van der Waals surface area contributed by atoms with Crippen molar-refractivity contribution in [1.29, 1.82) is 0 Å². The summed E-state index contributed by atoms with van der Waals surface area (Å²) >= 11 is 0. The molecule has 2 nitrogen and oxygen atoms in total. The number of hydrogen-bond acceptors (Lipinski definition) is 1. The van der Waals surface area contributed by atoms with Crippen molar-refractivity contribution in [3.05, 3.63) is 0 Å². The van der Waals surface area contributed by atoms with E-state index in [1.54, 1.807) is 0 Å². The fraction of sp³-hybridized carbons (Fsp3) is 0.750. The van der Waals surface area contributed by atoms with Crippen molar-refractivity contribution >= 4 is 5.97 Å². The quantitative estimate of drug-likeness (QED) is 0.657. The molecular weight excluding hydrogens is 183 g/mol. The van der Waals surface area contributed by atoms with E-state index in [2.05, 4.69) is 0 Å². The molecule has 0 aromatic heterocycles. The number of carbonyl (C=O) groups is 1. The van der Waals surface area contributed by atoms with E-state index in [1.807, 2.05) is 6.92 Å². The molecule has 0 saturated carbocycles. The Morgan fingerprint density at radius 1 is 1.71 bits per heavy atom. The van der Waals surface area contributed by atoms with Crippen LogP contribution in [0.15, 0.2) is 0 Å². The first-order chi connectivity index (χ1) is 2.77. The minimum Gasteiger partial charge on any atom is -0.481 e. The molecule has 0 heterocycles. The number of aliphatic carboxylic acids is 1. The van der Waals surface area contributed by atoms with Crippen LogP contribution >= 0.6 is 0 Å². The molecule has 0 saturated heterocycles. The summed E-state index contributed by atoms with van der Waals surface area (Å²) in [5, 5.41) is 7.91. The largest absolute Gasteiger partial charge is 0.481 e. The third kappa shape index (κ3) is 10.7. The molecule has 0 aliphatic carbocycles. The second-order valence-electron chi connectivity index (χ2n) is 1.14. The number of hydrogen-bond donors (Lipinski definition) is 1. The van der Waals surface area contributed by atoms with Gasteiger partial charge in [0.05, 0.1) is 0 Å². The Kier molecular flexibility index (Phi) is 8.84. The summed E-state index contributed by atoms with van der Waals surface area (Å²) in [6.07, 6.45) is 1.02. The average molecular weight is 191 g/mol. The molecule has 45 valence electrons. The number of carboxylic acid groups (broad SMARTS) is 1. The first-order valence-electron chi connectivity index (χ1n) is 1.99. The van der Waals surface area contributed by atoms with Gasteiger partial charge in [0.1, 0.15) is 0 Å². The maximum absolute atomic E-state index is 9.60. The topological polar surface area (TPSA) is 37.3 Å². The van der Waals surface area contributed by atoms with Crippen molar-refractivity contribution < 1.29 is 29.4 Å². The van der Waals surface area contributed by atoms with Crippen LogP contribution in [0.3, 0.4) is 0 Å². The summed E-state index contributed by atoms with van der Waals surface area (Å²) in [5.41, 5.74) is 0. The van der Waals surface area contributed by atoms with Gasteiger partial charge >= 0.3 is 5.97 Å². The van der Waals surface area contributed by atoms with Gasteiger partial charge in [0.2, 0.25) is 0 Å². The van der Waals surface area contributed by atoms with Gasteiger partial charge in [-0.05, 0) is 6.42 Å². The van der Waals surface area contributed by atoms with Crippen molar-refractivity contribution in [3.8, 4) is 0 Å². The zero-order chi connectivity index (χ0) is 4.99. The molecule has 0 aliphatic rings. The summed E-state index contributed by atoms with van der Waals surface area (Å²) in [7, 11) is 0. The van der Waals surface area contributed by atoms with Crippen LogP contribution in [-0.4, -0.2) is 11.1 Å². The van der Waals surface area contributed by atoms with E-state index in [9.17, 15) is 4.79 Å². The number of rotatable bonds is 2. The van der Waals surface area contributed by atoms with Crippen LogP contribution < -0.4 is 0 Å². The summed E-state index contributed by atoms with van der Waals surface area (Å²) < 4.78 is 0. The normalized spacial score (nSPS) is 7.00. The van der Waals surface area contributed by atoms with E-state index in [4.69, 9.17) is 5.11 Å². The zero-order valence-corrected chi connectivity index (χ0v) is 5.74. The third-order valence-corrected chi connectivity index (χ3v) is 0.464. The monoisotopic (exact) mass is 191 g/mol. The van der Waals surface area contributed by atoms with Gasteiger partial charge in [-0.15, -0.1) is 0 Å².